The van der Waals surface area contributed by atoms with Crippen molar-refractivity contribution in [1.82, 2.24) is 0 Å². The number of fused-ring (bicyclic) bond motifs is 1. The minimum absolute atomic E-state index is 0.132. The summed E-state index contributed by atoms with van der Waals surface area (Å²) in [5, 5.41) is 2.83. The highest BCUT2D eigenvalue weighted by Crippen LogP contribution is 2.34. The molecule has 120 valence electrons. The van der Waals surface area contributed by atoms with Crippen LogP contribution in [-0.4, -0.2) is 26.6 Å². The van der Waals surface area contributed by atoms with Crippen LogP contribution in [0.25, 0.3) is 0 Å². The van der Waals surface area contributed by atoms with Crippen LogP contribution in [0.5, 0.6) is 0 Å². The van der Waals surface area contributed by atoms with E-state index in [1.165, 1.54) is 10.6 Å². The Kier molecular flexibility index (Phi) is 3.85. The molecule has 1 aliphatic rings. The van der Waals surface area contributed by atoms with Crippen molar-refractivity contribution in [3.63, 3.8) is 0 Å². The average Bonchev–Trinajstić information content (AvgIpc) is 2.82. The molecule has 0 aliphatic carbocycles. The Bertz CT molecular complexity index is 847. The lowest BCUT2D eigenvalue weighted by molar-refractivity contribution is 0.102. The van der Waals surface area contributed by atoms with Gasteiger partial charge in [-0.05, 0) is 49.2 Å². The van der Waals surface area contributed by atoms with Crippen molar-refractivity contribution in [1.29, 1.82) is 0 Å². The minimum atomic E-state index is -3.31. The van der Waals surface area contributed by atoms with Crippen molar-refractivity contribution in [2.75, 3.05) is 15.9 Å². The number of anilines is 2. The van der Waals surface area contributed by atoms with Gasteiger partial charge in [0.25, 0.3) is 5.91 Å². The van der Waals surface area contributed by atoms with Gasteiger partial charge in [0.05, 0.1) is 11.9 Å². The molecule has 0 unspecified atom stereocenters. The molecular weight excluding hydrogens is 312 g/mol. The van der Waals surface area contributed by atoms with Gasteiger partial charge in [-0.1, -0.05) is 18.2 Å². The van der Waals surface area contributed by atoms with Crippen molar-refractivity contribution in [2.24, 2.45) is 0 Å². The molecule has 2 aromatic rings. The lowest BCUT2D eigenvalue weighted by atomic mass is 10.1. The maximum absolute atomic E-state index is 12.3. The average molecular weight is 330 g/mol. The Morgan fingerprint density at radius 1 is 1.17 bits per heavy atom. The summed E-state index contributed by atoms with van der Waals surface area (Å²) in [6.07, 6.45) is 1.81. The molecule has 1 atom stereocenters. The van der Waals surface area contributed by atoms with E-state index in [0.29, 0.717) is 17.7 Å². The van der Waals surface area contributed by atoms with Crippen molar-refractivity contribution in [3.05, 3.63) is 59.7 Å². The maximum atomic E-state index is 12.3. The summed E-state index contributed by atoms with van der Waals surface area (Å²) in [6, 6.07) is 14.2. The standard InChI is InChI=1S/C17H18N2O3S/c1-12-10-14-11-13(8-9-16(14)19(12)23(2,21)22)17(20)18-15-6-4-3-5-7-15/h3-9,11-12H,10H2,1-2H3,(H,18,20)/t12-/m0/s1. The van der Waals surface area contributed by atoms with Crippen LogP contribution in [0.2, 0.25) is 0 Å². The van der Waals surface area contributed by atoms with E-state index in [0.717, 1.165) is 11.3 Å². The zero-order valence-corrected chi connectivity index (χ0v) is 13.8. The fourth-order valence-electron chi connectivity index (χ4n) is 2.97. The number of nitrogens with one attached hydrogen (secondary N) is 1. The van der Waals surface area contributed by atoms with Gasteiger partial charge in [-0.25, -0.2) is 8.42 Å². The molecule has 5 nitrogen and oxygen atoms in total. The lowest BCUT2D eigenvalue weighted by Gasteiger charge is -2.21. The highest BCUT2D eigenvalue weighted by atomic mass is 32.2. The van der Waals surface area contributed by atoms with Crippen molar-refractivity contribution in [3.8, 4) is 0 Å². The van der Waals surface area contributed by atoms with Gasteiger partial charge < -0.3 is 5.32 Å². The van der Waals surface area contributed by atoms with E-state index in [1.54, 1.807) is 18.2 Å². The van der Waals surface area contributed by atoms with E-state index >= 15 is 0 Å². The Balaban J connectivity index is 1.88. The molecule has 6 heteroatoms. The Morgan fingerprint density at radius 3 is 2.52 bits per heavy atom. The molecule has 1 heterocycles. The second kappa shape index (κ2) is 5.70. The number of sulfonamides is 1. The molecule has 0 bridgehead atoms. The number of carbonyl (C=O) groups is 1. The number of carbonyl (C=O) groups excluding carboxylic acids is 1. The monoisotopic (exact) mass is 330 g/mol. The van der Waals surface area contributed by atoms with Crippen molar-refractivity contribution < 1.29 is 13.2 Å². The fourth-order valence-corrected chi connectivity index (χ4v) is 4.24. The molecule has 1 aliphatic heterocycles. The first-order valence-corrected chi connectivity index (χ1v) is 9.20. The predicted octanol–water partition coefficient (Wildman–Crippen LogP) is 2.65. The van der Waals surface area contributed by atoms with Gasteiger partial charge in [0.2, 0.25) is 10.0 Å². The Morgan fingerprint density at radius 2 is 1.87 bits per heavy atom. The zero-order valence-electron chi connectivity index (χ0n) is 13.0. The normalized spacial score (nSPS) is 17.0. The fraction of sp³-hybridized carbons (Fsp3) is 0.235. The number of benzene rings is 2. The van der Waals surface area contributed by atoms with Gasteiger partial charge in [0, 0.05) is 17.3 Å². The van der Waals surface area contributed by atoms with Crippen molar-refractivity contribution >= 4 is 27.3 Å². The molecular formula is C17H18N2O3S. The van der Waals surface area contributed by atoms with E-state index in [1.807, 2.05) is 37.3 Å². The van der Waals surface area contributed by atoms with Crippen LogP contribution in [0.15, 0.2) is 48.5 Å². The number of hydrogen-bond donors (Lipinski definition) is 1. The number of amides is 1. The van der Waals surface area contributed by atoms with Crippen LogP contribution in [0.1, 0.15) is 22.8 Å². The molecule has 0 radical (unpaired) electrons. The first kappa shape index (κ1) is 15.6. The van der Waals surface area contributed by atoms with Crippen LogP contribution in [0, 0.1) is 0 Å². The quantitative estimate of drug-likeness (QED) is 0.941. The third kappa shape index (κ3) is 3.07. The second-order valence-electron chi connectivity index (χ2n) is 5.78. The van der Waals surface area contributed by atoms with Crippen LogP contribution in [-0.2, 0) is 16.4 Å². The topological polar surface area (TPSA) is 66.5 Å². The molecule has 1 N–H and O–H groups in total. The smallest absolute Gasteiger partial charge is 0.255 e. The van der Waals surface area contributed by atoms with E-state index in [4.69, 9.17) is 0 Å². The first-order chi connectivity index (χ1) is 10.9. The molecule has 3 rings (SSSR count). The van der Waals surface area contributed by atoms with Crippen LogP contribution >= 0.6 is 0 Å². The summed E-state index contributed by atoms with van der Waals surface area (Å²) in [6.45, 7) is 1.87. The van der Waals surface area contributed by atoms with Crippen molar-refractivity contribution in [2.45, 2.75) is 19.4 Å². The Labute approximate surface area is 136 Å². The third-order valence-corrected chi connectivity index (χ3v) is 5.15. The molecule has 1 amide bonds. The van der Waals surface area contributed by atoms with E-state index in [-0.39, 0.29) is 11.9 Å². The van der Waals surface area contributed by atoms with Gasteiger partial charge in [0.15, 0.2) is 0 Å². The molecule has 0 fully saturated rings. The second-order valence-corrected chi connectivity index (χ2v) is 7.64. The maximum Gasteiger partial charge on any atom is 0.255 e. The van der Waals surface area contributed by atoms with E-state index in [9.17, 15) is 13.2 Å². The van der Waals surface area contributed by atoms with Gasteiger partial charge in [-0.2, -0.15) is 0 Å². The number of rotatable bonds is 3. The van der Waals surface area contributed by atoms with Gasteiger partial charge in [0.1, 0.15) is 0 Å². The largest absolute Gasteiger partial charge is 0.322 e. The van der Waals surface area contributed by atoms with E-state index < -0.39 is 10.0 Å². The summed E-state index contributed by atoms with van der Waals surface area (Å²) in [5.74, 6) is -0.204. The summed E-state index contributed by atoms with van der Waals surface area (Å²) in [5.41, 5.74) is 2.79. The van der Waals surface area contributed by atoms with Crippen LogP contribution in [0.4, 0.5) is 11.4 Å². The van der Waals surface area contributed by atoms with Crippen LogP contribution < -0.4 is 9.62 Å². The van der Waals surface area contributed by atoms with Crippen LogP contribution in [0.3, 0.4) is 0 Å². The highest BCUT2D eigenvalue weighted by Gasteiger charge is 2.32. The lowest BCUT2D eigenvalue weighted by Crippen LogP contribution is -2.34. The van der Waals surface area contributed by atoms with Gasteiger partial charge >= 0.3 is 0 Å². The SMILES string of the molecule is C[C@H]1Cc2cc(C(=O)Nc3ccccc3)ccc2N1S(C)(=O)=O. The number of nitrogens with zero attached hydrogens (tertiary/aromatic N) is 1. The molecule has 0 saturated carbocycles. The molecule has 2 aromatic carbocycles. The number of hydrogen-bond acceptors (Lipinski definition) is 3. The third-order valence-electron chi connectivity index (χ3n) is 3.88. The van der Waals surface area contributed by atoms with E-state index in [2.05, 4.69) is 5.32 Å². The molecule has 23 heavy (non-hydrogen) atoms. The minimum Gasteiger partial charge on any atom is -0.322 e. The number of para-hydroxylation sites is 1. The van der Waals surface area contributed by atoms with Gasteiger partial charge in [-0.15, -0.1) is 0 Å². The first-order valence-electron chi connectivity index (χ1n) is 7.35. The summed E-state index contributed by atoms with van der Waals surface area (Å²) < 4.78 is 25.2. The zero-order chi connectivity index (χ0) is 16.6. The molecule has 0 aromatic heterocycles. The highest BCUT2D eigenvalue weighted by molar-refractivity contribution is 7.92. The Hall–Kier alpha value is -2.34. The summed E-state index contributed by atoms with van der Waals surface area (Å²) >= 11 is 0. The summed E-state index contributed by atoms with van der Waals surface area (Å²) in [4.78, 5) is 12.3. The predicted molar refractivity (Wildman–Crippen MR) is 91.3 cm³/mol. The molecule has 0 saturated heterocycles. The van der Waals surface area contributed by atoms with Gasteiger partial charge in [-0.3, -0.25) is 9.10 Å². The molecule has 0 spiro atoms. The summed E-state index contributed by atoms with van der Waals surface area (Å²) in [7, 11) is -3.31.